The van der Waals surface area contributed by atoms with Gasteiger partial charge in [0.1, 0.15) is 6.04 Å². The zero-order valence-corrected chi connectivity index (χ0v) is 19.7. The van der Waals surface area contributed by atoms with Gasteiger partial charge in [-0.2, -0.15) is 0 Å². The number of anilines is 1. The van der Waals surface area contributed by atoms with E-state index in [9.17, 15) is 13.2 Å². The van der Waals surface area contributed by atoms with Crippen molar-refractivity contribution in [3.05, 3.63) is 62.6 Å². The number of carbonyl (C=O) groups is 1. The zero-order chi connectivity index (χ0) is 22.1. The largest absolute Gasteiger partial charge is 0.348 e. The summed E-state index contributed by atoms with van der Waals surface area (Å²) in [7, 11) is -3.74. The van der Waals surface area contributed by atoms with E-state index >= 15 is 0 Å². The Morgan fingerprint density at radius 1 is 0.966 bits per heavy atom. The molecule has 2 aromatic rings. The first-order chi connectivity index (χ1) is 13.3. The molecule has 0 aliphatic carbocycles. The molecule has 8 heteroatoms. The number of nitrogens with one attached hydrogen (secondary N) is 1. The average molecular weight is 457 g/mol. The van der Waals surface area contributed by atoms with Gasteiger partial charge in [0.25, 0.3) is 0 Å². The van der Waals surface area contributed by atoms with Crippen LogP contribution in [0.25, 0.3) is 0 Å². The summed E-state index contributed by atoms with van der Waals surface area (Å²) in [6.07, 6.45) is 1.05. The minimum Gasteiger partial charge on any atom is -0.348 e. The highest BCUT2D eigenvalue weighted by atomic mass is 35.5. The molecule has 0 heterocycles. The number of benzene rings is 2. The molecular weight excluding hydrogens is 431 g/mol. The molecule has 2 unspecified atom stereocenters. The Kier molecular flexibility index (Phi) is 7.25. The van der Waals surface area contributed by atoms with Crippen LogP contribution in [0.3, 0.4) is 0 Å². The van der Waals surface area contributed by atoms with Crippen molar-refractivity contribution >= 4 is 44.8 Å². The second-order valence-corrected chi connectivity index (χ2v) is 10.0. The zero-order valence-electron chi connectivity index (χ0n) is 17.4. The molecule has 0 aromatic heterocycles. The maximum absolute atomic E-state index is 12.9. The van der Waals surface area contributed by atoms with Crippen LogP contribution < -0.4 is 9.62 Å². The summed E-state index contributed by atoms with van der Waals surface area (Å²) in [4.78, 5) is 12.9. The topological polar surface area (TPSA) is 66.5 Å². The number of hydrogen-bond donors (Lipinski definition) is 1. The first-order valence-corrected chi connectivity index (χ1v) is 11.8. The maximum Gasteiger partial charge on any atom is 0.244 e. The maximum atomic E-state index is 12.9. The Hall–Kier alpha value is -1.76. The summed E-state index contributed by atoms with van der Waals surface area (Å²) in [6.45, 7) is 9.47. The highest BCUT2D eigenvalue weighted by Crippen LogP contribution is 2.30. The first-order valence-electron chi connectivity index (χ1n) is 9.15. The van der Waals surface area contributed by atoms with Crippen LogP contribution in [0.5, 0.6) is 0 Å². The Labute approximate surface area is 183 Å². The SMILES string of the molecule is Cc1cc(C)c(C(C)NC(=O)C(C)N(c2ccc(Cl)c(Cl)c2)S(C)(=O)=O)cc1C. The molecule has 0 saturated carbocycles. The number of aryl methyl sites for hydroxylation is 3. The predicted molar refractivity (Wildman–Crippen MR) is 120 cm³/mol. The number of sulfonamides is 1. The van der Waals surface area contributed by atoms with Gasteiger partial charge in [0.15, 0.2) is 0 Å². The predicted octanol–water partition coefficient (Wildman–Crippen LogP) is 4.95. The van der Waals surface area contributed by atoms with Crippen LogP contribution in [0, 0.1) is 20.8 Å². The lowest BCUT2D eigenvalue weighted by atomic mass is 9.96. The molecule has 0 aliphatic rings. The summed E-state index contributed by atoms with van der Waals surface area (Å²) in [5.74, 6) is -0.411. The smallest absolute Gasteiger partial charge is 0.244 e. The van der Waals surface area contributed by atoms with Crippen LogP contribution in [0.4, 0.5) is 5.69 Å². The van der Waals surface area contributed by atoms with Gasteiger partial charge in [-0.15, -0.1) is 0 Å². The van der Waals surface area contributed by atoms with Crippen LogP contribution in [-0.2, 0) is 14.8 Å². The molecule has 2 atom stereocenters. The van der Waals surface area contributed by atoms with Crippen molar-refractivity contribution in [2.45, 2.75) is 46.7 Å². The number of nitrogens with zero attached hydrogens (tertiary/aromatic N) is 1. The Bertz CT molecular complexity index is 1040. The lowest BCUT2D eigenvalue weighted by molar-refractivity contribution is -0.122. The molecule has 0 saturated heterocycles. The van der Waals surface area contributed by atoms with Crippen molar-refractivity contribution in [1.29, 1.82) is 0 Å². The van der Waals surface area contributed by atoms with Gasteiger partial charge in [0.2, 0.25) is 15.9 Å². The molecule has 0 bridgehead atoms. The quantitative estimate of drug-likeness (QED) is 0.668. The van der Waals surface area contributed by atoms with E-state index in [4.69, 9.17) is 23.2 Å². The van der Waals surface area contributed by atoms with Crippen molar-refractivity contribution in [3.63, 3.8) is 0 Å². The summed E-state index contributed by atoms with van der Waals surface area (Å²) >= 11 is 12.0. The van der Waals surface area contributed by atoms with Gasteiger partial charge in [-0.25, -0.2) is 8.42 Å². The van der Waals surface area contributed by atoms with Crippen molar-refractivity contribution in [2.24, 2.45) is 0 Å². The number of rotatable bonds is 6. The minimum absolute atomic E-state index is 0.213. The van der Waals surface area contributed by atoms with Crippen LogP contribution in [0.2, 0.25) is 10.0 Å². The normalized spacial score (nSPS) is 13.7. The first kappa shape index (κ1) is 23.5. The fraction of sp³-hybridized carbons (Fsp3) is 0.381. The molecule has 5 nitrogen and oxygen atoms in total. The molecule has 0 fully saturated rings. The third-order valence-corrected chi connectivity index (χ3v) is 6.93. The summed E-state index contributed by atoms with van der Waals surface area (Å²) < 4.78 is 25.9. The van der Waals surface area contributed by atoms with E-state index in [-0.39, 0.29) is 16.8 Å². The van der Waals surface area contributed by atoms with Crippen LogP contribution in [0.1, 0.15) is 42.1 Å². The molecule has 0 aliphatic heterocycles. The third kappa shape index (κ3) is 5.44. The van der Waals surface area contributed by atoms with Gasteiger partial charge in [-0.05, 0) is 75.1 Å². The van der Waals surface area contributed by atoms with Gasteiger partial charge in [0.05, 0.1) is 28.0 Å². The number of hydrogen-bond acceptors (Lipinski definition) is 3. The summed E-state index contributed by atoms with van der Waals surface area (Å²) in [6, 6.07) is 7.34. The van der Waals surface area contributed by atoms with E-state index in [0.717, 1.165) is 27.3 Å². The molecule has 0 radical (unpaired) electrons. The lowest BCUT2D eigenvalue weighted by Gasteiger charge is -2.30. The molecule has 158 valence electrons. The number of halogens is 2. The molecular formula is C21H26Cl2N2O3S. The lowest BCUT2D eigenvalue weighted by Crippen LogP contribution is -2.48. The van der Waals surface area contributed by atoms with Crippen LogP contribution in [-0.4, -0.2) is 26.6 Å². The standard InChI is InChI=1S/C21H26Cl2N2O3S/c1-12-9-14(3)18(10-13(12)2)15(4)24-21(26)16(5)25(29(6,27)28)17-7-8-19(22)20(23)11-17/h7-11,15-16H,1-6H3,(H,24,26). The van der Waals surface area contributed by atoms with Crippen molar-refractivity contribution < 1.29 is 13.2 Å². The number of amides is 1. The van der Waals surface area contributed by atoms with E-state index < -0.39 is 22.0 Å². The van der Waals surface area contributed by atoms with Crippen molar-refractivity contribution in [3.8, 4) is 0 Å². The van der Waals surface area contributed by atoms with Gasteiger partial charge in [0, 0.05) is 0 Å². The monoisotopic (exact) mass is 456 g/mol. The third-order valence-electron chi connectivity index (χ3n) is 4.95. The molecule has 2 rings (SSSR count). The van der Waals surface area contributed by atoms with E-state index in [1.54, 1.807) is 6.92 Å². The summed E-state index contributed by atoms with van der Waals surface area (Å²) in [5.41, 5.74) is 4.65. The molecule has 0 spiro atoms. The van der Waals surface area contributed by atoms with E-state index in [0.29, 0.717) is 5.02 Å². The van der Waals surface area contributed by atoms with Crippen LogP contribution in [0.15, 0.2) is 30.3 Å². The van der Waals surface area contributed by atoms with Crippen molar-refractivity contribution in [2.75, 3.05) is 10.6 Å². The number of carbonyl (C=O) groups excluding carboxylic acids is 1. The second kappa shape index (κ2) is 8.94. The average Bonchev–Trinajstić information content (AvgIpc) is 2.59. The van der Waals surface area contributed by atoms with Crippen LogP contribution >= 0.6 is 23.2 Å². The fourth-order valence-corrected chi connectivity index (χ4v) is 4.75. The van der Waals surface area contributed by atoms with E-state index in [1.165, 1.54) is 23.8 Å². The minimum atomic E-state index is -3.74. The van der Waals surface area contributed by atoms with Gasteiger partial charge in [-0.1, -0.05) is 35.3 Å². The van der Waals surface area contributed by atoms with Gasteiger partial charge < -0.3 is 5.32 Å². The molecule has 1 N–H and O–H groups in total. The molecule has 2 aromatic carbocycles. The Balaban J connectivity index is 2.32. The fourth-order valence-electron chi connectivity index (χ4n) is 3.29. The van der Waals surface area contributed by atoms with Crippen molar-refractivity contribution in [1.82, 2.24) is 5.32 Å². The summed E-state index contributed by atoms with van der Waals surface area (Å²) in [5, 5.41) is 3.45. The van der Waals surface area contributed by atoms with Gasteiger partial charge >= 0.3 is 0 Å². The van der Waals surface area contributed by atoms with E-state index in [2.05, 4.69) is 11.4 Å². The Morgan fingerprint density at radius 3 is 2.10 bits per heavy atom. The molecule has 1 amide bonds. The Morgan fingerprint density at radius 2 is 1.55 bits per heavy atom. The van der Waals surface area contributed by atoms with Gasteiger partial charge in [-0.3, -0.25) is 9.10 Å². The van der Waals surface area contributed by atoms with E-state index in [1.807, 2.05) is 33.8 Å². The highest BCUT2D eigenvalue weighted by molar-refractivity contribution is 7.92. The second-order valence-electron chi connectivity index (χ2n) is 7.36. The molecule has 29 heavy (non-hydrogen) atoms. The highest BCUT2D eigenvalue weighted by Gasteiger charge is 2.30.